The molecule has 3 aromatic carbocycles. The predicted molar refractivity (Wildman–Crippen MR) is 147 cm³/mol. The second-order valence-electron chi connectivity index (χ2n) is 8.80. The fraction of sp³-hybridized carbons (Fsp3) is 0.286. The first-order chi connectivity index (χ1) is 18.8. The van der Waals surface area contributed by atoms with E-state index >= 15 is 0 Å². The van der Waals surface area contributed by atoms with Gasteiger partial charge >= 0.3 is 0 Å². The Morgan fingerprint density at radius 1 is 0.974 bits per heavy atom. The van der Waals surface area contributed by atoms with E-state index in [0.29, 0.717) is 18.9 Å². The smallest absolute Gasteiger partial charge is 0.264 e. The normalized spacial score (nSPS) is 14.9. The van der Waals surface area contributed by atoms with E-state index in [1.165, 1.54) is 38.5 Å². The van der Waals surface area contributed by atoms with Crippen LogP contribution in [0.1, 0.15) is 23.2 Å². The highest BCUT2D eigenvalue weighted by Crippen LogP contribution is 2.32. The first-order valence-corrected chi connectivity index (χ1v) is 13.9. The van der Waals surface area contributed by atoms with Crippen molar-refractivity contribution in [2.45, 2.75) is 23.8 Å². The number of rotatable bonds is 11. The summed E-state index contributed by atoms with van der Waals surface area (Å²) in [6.07, 6.45) is 1.79. The maximum absolute atomic E-state index is 13.7. The van der Waals surface area contributed by atoms with Gasteiger partial charge in [0.15, 0.2) is 0 Å². The van der Waals surface area contributed by atoms with Gasteiger partial charge in [-0.25, -0.2) is 8.42 Å². The van der Waals surface area contributed by atoms with Crippen molar-refractivity contribution in [3.63, 3.8) is 0 Å². The molecule has 11 heteroatoms. The van der Waals surface area contributed by atoms with Crippen LogP contribution in [-0.2, 0) is 19.6 Å². The lowest BCUT2D eigenvalue weighted by Gasteiger charge is -2.26. The van der Waals surface area contributed by atoms with Crippen molar-refractivity contribution in [1.29, 1.82) is 0 Å². The third kappa shape index (κ3) is 6.68. The first-order valence-electron chi connectivity index (χ1n) is 12.4. The van der Waals surface area contributed by atoms with Crippen LogP contribution >= 0.6 is 0 Å². The van der Waals surface area contributed by atoms with Crippen LogP contribution in [0.25, 0.3) is 0 Å². The molecule has 0 radical (unpaired) electrons. The molecule has 206 valence electrons. The van der Waals surface area contributed by atoms with Gasteiger partial charge in [0.25, 0.3) is 15.9 Å². The Morgan fingerprint density at radius 3 is 2.38 bits per heavy atom. The molecule has 10 nitrogen and oxygen atoms in total. The van der Waals surface area contributed by atoms with E-state index in [4.69, 9.17) is 14.2 Å². The minimum Gasteiger partial charge on any atom is -0.497 e. The summed E-state index contributed by atoms with van der Waals surface area (Å²) >= 11 is 0. The van der Waals surface area contributed by atoms with Crippen LogP contribution in [0, 0.1) is 0 Å². The quantitative estimate of drug-likeness (QED) is 0.373. The van der Waals surface area contributed by atoms with Crippen LogP contribution in [0.15, 0.2) is 77.7 Å². The Balaban J connectivity index is 1.58. The van der Waals surface area contributed by atoms with Crippen LogP contribution in [0.2, 0.25) is 0 Å². The van der Waals surface area contributed by atoms with Gasteiger partial charge in [0.1, 0.15) is 18.0 Å². The number of para-hydroxylation sites is 3. The number of hydrogen-bond donors (Lipinski definition) is 2. The van der Waals surface area contributed by atoms with Crippen LogP contribution in [0.5, 0.6) is 11.5 Å². The molecule has 1 fully saturated rings. The highest BCUT2D eigenvalue weighted by atomic mass is 32.2. The zero-order valence-corrected chi connectivity index (χ0v) is 22.6. The SMILES string of the molecule is COc1ccc(S(=O)(=O)N(CC(=O)Nc2ccccc2C(=O)NC[C@@H]2CCCO2)c2ccccc2OC)cc1. The molecule has 0 aliphatic carbocycles. The summed E-state index contributed by atoms with van der Waals surface area (Å²) in [7, 11) is -1.30. The van der Waals surface area contributed by atoms with Crippen molar-refractivity contribution in [3.8, 4) is 11.5 Å². The predicted octanol–water partition coefficient (Wildman–Crippen LogP) is 3.45. The molecule has 0 unspecified atom stereocenters. The molecule has 1 atom stereocenters. The fourth-order valence-electron chi connectivity index (χ4n) is 4.23. The Bertz CT molecular complexity index is 1400. The molecule has 1 aliphatic heterocycles. The topological polar surface area (TPSA) is 123 Å². The number of carbonyl (C=O) groups excluding carboxylic acids is 2. The molecule has 0 aromatic heterocycles. The van der Waals surface area contributed by atoms with E-state index in [0.717, 1.165) is 17.1 Å². The maximum atomic E-state index is 13.7. The number of nitrogens with one attached hydrogen (secondary N) is 2. The van der Waals surface area contributed by atoms with Crippen molar-refractivity contribution in [3.05, 3.63) is 78.4 Å². The summed E-state index contributed by atoms with van der Waals surface area (Å²) in [5, 5.41) is 5.54. The van der Waals surface area contributed by atoms with Crippen molar-refractivity contribution >= 4 is 33.2 Å². The minimum atomic E-state index is -4.20. The first kappa shape index (κ1) is 27.9. The Morgan fingerprint density at radius 2 is 1.69 bits per heavy atom. The standard InChI is InChI=1S/C28H31N3O7S/c1-36-20-13-15-22(16-14-20)39(34,35)31(25-11-5-6-12-26(25)37-2)19-27(32)30-24-10-4-3-9-23(24)28(33)29-18-21-8-7-17-38-21/h3-6,9-16,21H,7-8,17-19H2,1-2H3,(H,29,33)(H,30,32)/t21-/m0/s1. The second-order valence-corrected chi connectivity index (χ2v) is 10.7. The van der Waals surface area contributed by atoms with Crippen LogP contribution < -0.4 is 24.4 Å². The lowest BCUT2D eigenvalue weighted by Crippen LogP contribution is -2.38. The number of hydrogen-bond acceptors (Lipinski definition) is 7. The van der Waals surface area contributed by atoms with E-state index in [1.54, 1.807) is 48.5 Å². The summed E-state index contributed by atoms with van der Waals surface area (Å²) in [5.74, 6) is -0.243. The summed E-state index contributed by atoms with van der Waals surface area (Å²) in [6, 6.07) is 18.9. The van der Waals surface area contributed by atoms with Crippen LogP contribution in [0.4, 0.5) is 11.4 Å². The summed E-state index contributed by atoms with van der Waals surface area (Å²) in [6.45, 7) is 0.471. The molecule has 1 heterocycles. The molecule has 1 saturated heterocycles. The third-order valence-corrected chi connectivity index (χ3v) is 8.02. The van der Waals surface area contributed by atoms with Crippen molar-refractivity contribution in [1.82, 2.24) is 5.32 Å². The molecule has 0 spiro atoms. The van der Waals surface area contributed by atoms with Gasteiger partial charge in [0, 0.05) is 13.2 Å². The molecule has 0 saturated carbocycles. The number of methoxy groups -OCH3 is 2. The highest BCUT2D eigenvalue weighted by Gasteiger charge is 2.30. The van der Waals surface area contributed by atoms with Gasteiger partial charge in [-0.1, -0.05) is 24.3 Å². The molecule has 3 aromatic rings. The van der Waals surface area contributed by atoms with E-state index in [2.05, 4.69) is 10.6 Å². The number of nitrogens with zero attached hydrogens (tertiary/aromatic N) is 1. The van der Waals surface area contributed by atoms with E-state index in [-0.39, 0.29) is 39.6 Å². The van der Waals surface area contributed by atoms with Crippen LogP contribution in [0.3, 0.4) is 0 Å². The van der Waals surface area contributed by atoms with Gasteiger partial charge in [0.05, 0.1) is 42.2 Å². The molecular weight excluding hydrogens is 522 g/mol. The molecule has 1 aliphatic rings. The van der Waals surface area contributed by atoms with Gasteiger partial charge in [-0.3, -0.25) is 13.9 Å². The van der Waals surface area contributed by atoms with E-state index in [9.17, 15) is 18.0 Å². The zero-order valence-electron chi connectivity index (χ0n) is 21.8. The molecule has 4 rings (SSSR count). The average molecular weight is 554 g/mol. The third-order valence-electron chi connectivity index (χ3n) is 6.25. The highest BCUT2D eigenvalue weighted by molar-refractivity contribution is 7.92. The molecular formula is C28H31N3O7S. The lowest BCUT2D eigenvalue weighted by atomic mass is 10.1. The number of carbonyl (C=O) groups is 2. The number of sulfonamides is 1. The number of anilines is 2. The largest absolute Gasteiger partial charge is 0.497 e. The van der Waals surface area contributed by atoms with Gasteiger partial charge in [-0.05, 0) is 61.4 Å². The van der Waals surface area contributed by atoms with Crippen LogP contribution in [-0.4, -0.2) is 60.3 Å². The molecule has 39 heavy (non-hydrogen) atoms. The number of amides is 2. The van der Waals surface area contributed by atoms with Gasteiger partial charge < -0.3 is 24.8 Å². The van der Waals surface area contributed by atoms with Gasteiger partial charge in [0.2, 0.25) is 5.91 Å². The van der Waals surface area contributed by atoms with Gasteiger partial charge in [-0.15, -0.1) is 0 Å². The van der Waals surface area contributed by atoms with E-state index < -0.39 is 22.5 Å². The monoisotopic (exact) mass is 553 g/mol. The Labute approximate surface area is 227 Å². The van der Waals surface area contributed by atoms with E-state index in [1.807, 2.05) is 0 Å². The second kappa shape index (κ2) is 12.6. The van der Waals surface area contributed by atoms with Crippen molar-refractivity contribution < 1.29 is 32.2 Å². The van der Waals surface area contributed by atoms with Crippen molar-refractivity contribution in [2.24, 2.45) is 0 Å². The fourth-order valence-corrected chi connectivity index (χ4v) is 5.66. The molecule has 2 N–H and O–H groups in total. The Hall–Kier alpha value is -4.09. The lowest BCUT2D eigenvalue weighted by molar-refractivity contribution is -0.114. The average Bonchev–Trinajstić information content (AvgIpc) is 3.49. The minimum absolute atomic E-state index is 0.0316. The molecule has 0 bridgehead atoms. The summed E-state index contributed by atoms with van der Waals surface area (Å²) in [4.78, 5) is 26.1. The number of ether oxygens (including phenoxy) is 3. The number of benzene rings is 3. The van der Waals surface area contributed by atoms with Gasteiger partial charge in [-0.2, -0.15) is 0 Å². The maximum Gasteiger partial charge on any atom is 0.264 e. The molecule has 2 amide bonds. The zero-order chi connectivity index (χ0) is 27.8. The van der Waals surface area contributed by atoms with Crippen molar-refractivity contribution in [2.75, 3.05) is 43.5 Å². The summed E-state index contributed by atoms with van der Waals surface area (Å²) < 4.78 is 44.6. The Kier molecular flexibility index (Phi) is 9.05. The summed E-state index contributed by atoms with van der Waals surface area (Å²) in [5.41, 5.74) is 0.702.